The molecule has 0 saturated heterocycles. The van der Waals surface area contributed by atoms with Crippen molar-refractivity contribution < 1.29 is 13.5 Å². The second kappa shape index (κ2) is 6.95. The summed E-state index contributed by atoms with van der Waals surface area (Å²) in [7, 11) is 0. The number of halogens is 2. The summed E-state index contributed by atoms with van der Waals surface area (Å²) in [5.41, 5.74) is 0.866. The van der Waals surface area contributed by atoms with Crippen LogP contribution in [-0.2, 0) is 6.54 Å². The van der Waals surface area contributed by atoms with E-state index in [9.17, 15) is 8.78 Å². The van der Waals surface area contributed by atoms with E-state index in [1.165, 1.54) is 0 Å². The summed E-state index contributed by atoms with van der Waals surface area (Å²) in [5, 5.41) is 2.66. The Morgan fingerprint density at radius 1 is 1.38 bits per heavy atom. The van der Waals surface area contributed by atoms with Gasteiger partial charge in [-0.2, -0.15) is 0 Å². The zero-order valence-corrected chi connectivity index (χ0v) is 8.96. The van der Waals surface area contributed by atoms with E-state index in [4.69, 9.17) is 4.74 Å². The van der Waals surface area contributed by atoms with E-state index in [2.05, 4.69) is 11.9 Å². The summed E-state index contributed by atoms with van der Waals surface area (Å²) in [5.74, 6) is 0.698. The van der Waals surface area contributed by atoms with Crippen LogP contribution in [-0.4, -0.2) is 19.6 Å². The standard InChI is InChI=1S/C12H15F2NO/c1-2-7-16-11-6-4-3-5-10(11)8-15-9-12(13)14/h2-6,12,15H,1,7-9H2. The zero-order chi connectivity index (χ0) is 11.8. The van der Waals surface area contributed by atoms with Gasteiger partial charge in [-0.25, -0.2) is 8.78 Å². The molecule has 88 valence electrons. The molecule has 0 heterocycles. The fraction of sp³-hybridized carbons (Fsp3) is 0.333. The molecule has 0 unspecified atom stereocenters. The summed E-state index contributed by atoms with van der Waals surface area (Å²) in [6.07, 6.45) is -0.690. The smallest absolute Gasteiger partial charge is 0.250 e. The van der Waals surface area contributed by atoms with Crippen molar-refractivity contribution in [1.29, 1.82) is 0 Å². The fourth-order valence-electron chi connectivity index (χ4n) is 1.26. The highest BCUT2D eigenvalue weighted by atomic mass is 19.3. The Morgan fingerprint density at radius 2 is 2.12 bits per heavy atom. The van der Waals surface area contributed by atoms with Crippen LogP contribution in [0, 0.1) is 0 Å². The van der Waals surface area contributed by atoms with Gasteiger partial charge in [0.05, 0.1) is 6.54 Å². The Labute approximate surface area is 93.9 Å². The van der Waals surface area contributed by atoms with E-state index >= 15 is 0 Å². The molecule has 4 heteroatoms. The maximum absolute atomic E-state index is 11.9. The molecule has 0 radical (unpaired) electrons. The third-order valence-corrected chi connectivity index (χ3v) is 1.94. The molecule has 0 aliphatic rings. The first kappa shape index (κ1) is 12.6. The van der Waals surface area contributed by atoms with Crippen LogP contribution in [0.2, 0.25) is 0 Å². The van der Waals surface area contributed by atoms with Crippen molar-refractivity contribution in [2.75, 3.05) is 13.2 Å². The lowest BCUT2D eigenvalue weighted by Crippen LogP contribution is -2.21. The van der Waals surface area contributed by atoms with Crippen molar-refractivity contribution in [2.24, 2.45) is 0 Å². The molecule has 1 rings (SSSR count). The molecule has 0 saturated carbocycles. The Kier molecular flexibility index (Phi) is 5.50. The molecule has 1 aromatic carbocycles. The maximum atomic E-state index is 11.9. The molecule has 1 aromatic rings. The van der Waals surface area contributed by atoms with Crippen LogP contribution in [0.4, 0.5) is 8.78 Å². The van der Waals surface area contributed by atoms with Gasteiger partial charge in [-0.1, -0.05) is 30.9 Å². The zero-order valence-electron chi connectivity index (χ0n) is 8.96. The molecule has 2 nitrogen and oxygen atoms in total. The summed E-state index contributed by atoms with van der Waals surface area (Å²) < 4.78 is 29.3. The predicted molar refractivity (Wildman–Crippen MR) is 59.8 cm³/mol. The van der Waals surface area contributed by atoms with E-state index in [0.717, 1.165) is 5.56 Å². The molecule has 16 heavy (non-hydrogen) atoms. The normalized spacial score (nSPS) is 10.4. The third kappa shape index (κ3) is 4.40. The van der Waals surface area contributed by atoms with Crippen molar-refractivity contribution >= 4 is 0 Å². The van der Waals surface area contributed by atoms with Crippen molar-refractivity contribution in [3.8, 4) is 5.75 Å². The van der Waals surface area contributed by atoms with Crippen LogP contribution in [0.5, 0.6) is 5.75 Å². The molecule has 0 aromatic heterocycles. The van der Waals surface area contributed by atoms with Gasteiger partial charge in [-0.3, -0.25) is 0 Å². The number of rotatable bonds is 7. The van der Waals surface area contributed by atoms with E-state index in [1.54, 1.807) is 6.08 Å². The molecule has 0 fully saturated rings. The van der Waals surface area contributed by atoms with Gasteiger partial charge in [-0.15, -0.1) is 0 Å². The van der Waals surface area contributed by atoms with Gasteiger partial charge in [0.25, 0.3) is 6.43 Å². The van der Waals surface area contributed by atoms with Crippen LogP contribution in [0.25, 0.3) is 0 Å². The van der Waals surface area contributed by atoms with E-state index < -0.39 is 6.43 Å². The van der Waals surface area contributed by atoms with Gasteiger partial charge in [-0.05, 0) is 6.07 Å². The van der Waals surface area contributed by atoms with Crippen molar-refractivity contribution in [1.82, 2.24) is 5.32 Å². The predicted octanol–water partition coefficient (Wildman–Crippen LogP) is 2.61. The molecule has 0 spiro atoms. The average molecular weight is 227 g/mol. The number of hydrogen-bond donors (Lipinski definition) is 1. The number of ether oxygens (including phenoxy) is 1. The largest absolute Gasteiger partial charge is 0.489 e. The first-order valence-electron chi connectivity index (χ1n) is 5.04. The van der Waals surface area contributed by atoms with E-state index in [0.29, 0.717) is 18.9 Å². The Hall–Kier alpha value is -1.42. The van der Waals surface area contributed by atoms with E-state index in [-0.39, 0.29) is 6.54 Å². The molecule has 0 amide bonds. The van der Waals surface area contributed by atoms with Crippen LogP contribution >= 0.6 is 0 Å². The van der Waals surface area contributed by atoms with Crippen molar-refractivity contribution in [3.63, 3.8) is 0 Å². The number of nitrogens with one attached hydrogen (secondary N) is 1. The second-order valence-corrected chi connectivity index (χ2v) is 3.23. The van der Waals surface area contributed by atoms with Crippen LogP contribution in [0.15, 0.2) is 36.9 Å². The highest BCUT2D eigenvalue weighted by Gasteiger charge is 2.04. The third-order valence-electron chi connectivity index (χ3n) is 1.94. The molecule has 0 aliphatic heterocycles. The fourth-order valence-corrected chi connectivity index (χ4v) is 1.26. The highest BCUT2D eigenvalue weighted by molar-refractivity contribution is 5.33. The lowest BCUT2D eigenvalue weighted by Gasteiger charge is -2.10. The SMILES string of the molecule is C=CCOc1ccccc1CNCC(F)F. The highest BCUT2D eigenvalue weighted by Crippen LogP contribution is 2.17. The van der Waals surface area contributed by atoms with Crippen molar-refractivity contribution in [3.05, 3.63) is 42.5 Å². The number of alkyl halides is 2. The van der Waals surface area contributed by atoms with Crippen LogP contribution in [0.3, 0.4) is 0 Å². The lowest BCUT2D eigenvalue weighted by atomic mass is 10.2. The van der Waals surface area contributed by atoms with Crippen LogP contribution in [0.1, 0.15) is 5.56 Å². The Morgan fingerprint density at radius 3 is 2.81 bits per heavy atom. The van der Waals surface area contributed by atoms with E-state index in [1.807, 2.05) is 24.3 Å². The van der Waals surface area contributed by atoms with Gasteiger partial charge >= 0.3 is 0 Å². The summed E-state index contributed by atoms with van der Waals surface area (Å²) in [6.45, 7) is 4.02. The molecule has 0 atom stereocenters. The molecule has 0 bridgehead atoms. The minimum absolute atomic E-state index is 0.310. The number of para-hydroxylation sites is 1. The first-order chi connectivity index (χ1) is 7.74. The van der Waals surface area contributed by atoms with Crippen molar-refractivity contribution in [2.45, 2.75) is 13.0 Å². The Bertz CT molecular complexity index is 329. The maximum Gasteiger partial charge on any atom is 0.250 e. The molecular formula is C12H15F2NO. The second-order valence-electron chi connectivity index (χ2n) is 3.23. The Balaban J connectivity index is 2.52. The van der Waals surface area contributed by atoms with Gasteiger partial charge in [0.15, 0.2) is 0 Å². The van der Waals surface area contributed by atoms with Gasteiger partial charge in [0.2, 0.25) is 0 Å². The first-order valence-corrected chi connectivity index (χ1v) is 5.04. The summed E-state index contributed by atoms with van der Waals surface area (Å²) >= 11 is 0. The quantitative estimate of drug-likeness (QED) is 0.723. The van der Waals surface area contributed by atoms with Gasteiger partial charge < -0.3 is 10.1 Å². The minimum atomic E-state index is -2.33. The van der Waals surface area contributed by atoms with Crippen LogP contribution < -0.4 is 10.1 Å². The van der Waals surface area contributed by atoms with Gasteiger partial charge in [0, 0.05) is 12.1 Å². The number of benzene rings is 1. The lowest BCUT2D eigenvalue weighted by molar-refractivity contribution is 0.145. The summed E-state index contributed by atoms with van der Waals surface area (Å²) in [6, 6.07) is 7.34. The topological polar surface area (TPSA) is 21.3 Å². The molecule has 0 aliphatic carbocycles. The van der Waals surface area contributed by atoms with Gasteiger partial charge in [0.1, 0.15) is 12.4 Å². The average Bonchev–Trinajstić information content (AvgIpc) is 2.27. The minimum Gasteiger partial charge on any atom is -0.489 e. The summed E-state index contributed by atoms with van der Waals surface area (Å²) in [4.78, 5) is 0. The number of hydrogen-bond acceptors (Lipinski definition) is 2. The molecule has 1 N–H and O–H groups in total. The monoisotopic (exact) mass is 227 g/mol. The molecular weight excluding hydrogens is 212 g/mol.